The van der Waals surface area contributed by atoms with Gasteiger partial charge >= 0.3 is 0 Å². The van der Waals surface area contributed by atoms with Crippen molar-refractivity contribution in [3.8, 4) is 6.07 Å². The number of nitrogens with zero attached hydrogens (tertiary/aromatic N) is 2. The summed E-state index contributed by atoms with van der Waals surface area (Å²) in [5.74, 6) is -0.318. The van der Waals surface area contributed by atoms with Crippen LogP contribution < -0.4 is 5.32 Å². The summed E-state index contributed by atoms with van der Waals surface area (Å²) in [6.07, 6.45) is 1.62. The van der Waals surface area contributed by atoms with E-state index in [1.807, 2.05) is 6.07 Å². The Labute approximate surface area is 126 Å². The van der Waals surface area contributed by atoms with Crippen LogP contribution in [0.2, 0.25) is 0 Å². The lowest BCUT2D eigenvalue weighted by molar-refractivity contribution is 0.628. The van der Waals surface area contributed by atoms with E-state index in [0.29, 0.717) is 11.4 Å². The van der Waals surface area contributed by atoms with Crippen molar-refractivity contribution < 1.29 is 4.39 Å². The summed E-state index contributed by atoms with van der Waals surface area (Å²) in [7, 11) is 0. The van der Waals surface area contributed by atoms with Gasteiger partial charge in [-0.15, -0.1) is 0 Å². The van der Waals surface area contributed by atoms with Crippen LogP contribution >= 0.6 is 31.9 Å². The molecule has 0 saturated carbocycles. The standard InChI is InChI=1S/C13H8Br2FN3/c14-8-5-11(15)13(18-7-8)12(6-17)19-10-3-1-9(16)2-4-10/h1-5,7,12,19H. The monoisotopic (exact) mass is 383 g/mol. The third-order valence-corrected chi connectivity index (χ3v) is 3.46. The highest BCUT2D eigenvalue weighted by atomic mass is 79.9. The van der Waals surface area contributed by atoms with E-state index in [0.717, 1.165) is 8.95 Å². The number of pyridine rings is 1. The van der Waals surface area contributed by atoms with Crippen LogP contribution in [0.3, 0.4) is 0 Å². The highest BCUT2D eigenvalue weighted by Gasteiger charge is 2.15. The summed E-state index contributed by atoms with van der Waals surface area (Å²) in [6, 6.07) is 9.15. The lowest BCUT2D eigenvalue weighted by Gasteiger charge is -2.14. The van der Waals surface area contributed by atoms with Gasteiger partial charge in [0.1, 0.15) is 5.82 Å². The molecule has 3 nitrogen and oxygen atoms in total. The fourth-order valence-electron chi connectivity index (χ4n) is 1.51. The molecule has 0 aliphatic carbocycles. The number of anilines is 1. The zero-order valence-electron chi connectivity index (χ0n) is 9.57. The van der Waals surface area contributed by atoms with Crippen molar-refractivity contribution in [3.63, 3.8) is 0 Å². The molecule has 0 aliphatic heterocycles. The van der Waals surface area contributed by atoms with Gasteiger partial charge in [0.05, 0.1) is 11.8 Å². The Morgan fingerprint density at radius 3 is 2.53 bits per heavy atom. The maximum Gasteiger partial charge on any atom is 0.158 e. The molecule has 1 heterocycles. The summed E-state index contributed by atoms with van der Waals surface area (Å²) in [4.78, 5) is 4.21. The summed E-state index contributed by atoms with van der Waals surface area (Å²) in [5.41, 5.74) is 1.24. The first-order valence-corrected chi connectivity index (χ1v) is 6.91. The van der Waals surface area contributed by atoms with E-state index in [1.54, 1.807) is 18.3 Å². The second-order valence-corrected chi connectivity index (χ2v) is 5.50. The molecule has 1 aromatic carbocycles. The minimum Gasteiger partial charge on any atom is -0.365 e. The molecular formula is C13H8Br2FN3. The van der Waals surface area contributed by atoms with Gasteiger partial charge in [0.15, 0.2) is 6.04 Å². The van der Waals surface area contributed by atoms with Gasteiger partial charge in [0.25, 0.3) is 0 Å². The molecule has 0 spiro atoms. The zero-order chi connectivity index (χ0) is 13.8. The predicted octanol–water partition coefficient (Wildman–Crippen LogP) is 4.42. The molecule has 0 bridgehead atoms. The summed E-state index contributed by atoms with van der Waals surface area (Å²) >= 11 is 6.67. The Morgan fingerprint density at radius 2 is 1.95 bits per heavy atom. The molecule has 0 aliphatic rings. The highest BCUT2D eigenvalue weighted by Crippen LogP contribution is 2.26. The van der Waals surface area contributed by atoms with Crippen molar-refractivity contribution in [2.24, 2.45) is 0 Å². The molecule has 6 heteroatoms. The smallest absolute Gasteiger partial charge is 0.158 e. The van der Waals surface area contributed by atoms with Crippen LogP contribution in [0.25, 0.3) is 0 Å². The van der Waals surface area contributed by atoms with Gasteiger partial charge in [-0.25, -0.2) is 4.39 Å². The fraction of sp³-hybridized carbons (Fsp3) is 0.0769. The molecule has 19 heavy (non-hydrogen) atoms. The SMILES string of the molecule is N#CC(Nc1ccc(F)cc1)c1ncc(Br)cc1Br. The predicted molar refractivity (Wildman–Crippen MR) is 78.0 cm³/mol. The molecule has 96 valence electrons. The first-order chi connectivity index (χ1) is 9.10. The number of nitrogens with one attached hydrogen (secondary N) is 1. The minimum atomic E-state index is -0.618. The van der Waals surface area contributed by atoms with Gasteiger partial charge in [0.2, 0.25) is 0 Å². The molecular weight excluding hydrogens is 377 g/mol. The maximum atomic E-state index is 12.8. The van der Waals surface area contributed by atoms with E-state index < -0.39 is 6.04 Å². The van der Waals surface area contributed by atoms with Gasteiger partial charge in [0, 0.05) is 20.8 Å². The van der Waals surface area contributed by atoms with Crippen molar-refractivity contribution in [1.29, 1.82) is 5.26 Å². The number of benzene rings is 1. The van der Waals surface area contributed by atoms with Crippen LogP contribution in [0, 0.1) is 17.1 Å². The summed E-state index contributed by atoms with van der Waals surface area (Å²) < 4.78 is 14.4. The molecule has 1 atom stereocenters. The van der Waals surface area contributed by atoms with E-state index in [-0.39, 0.29) is 5.82 Å². The van der Waals surface area contributed by atoms with Crippen molar-refractivity contribution in [3.05, 3.63) is 57.0 Å². The molecule has 1 aromatic heterocycles. The number of halogens is 3. The highest BCUT2D eigenvalue weighted by molar-refractivity contribution is 9.11. The zero-order valence-corrected chi connectivity index (χ0v) is 12.7. The summed E-state index contributed by atoms with van der Waals surface area (Å²) in [5, 5.41) is 12.2. The third-order valence-electron chi connectivity index (χ3n) is 2.39. The Kier molecular flexibility index (Phi) is 4.51. The molecule has 0 fully saturated rings. The molecule has 1 N–H and O–H groups in total. The van der Waals surface area contributed by atoms with Crippen molar-refractivity contribution in [2.45, 2.75) is 6.04 Å². The average molecular weight is 385 g/mol. The first kappa shape index (κ1) is 14.0. The van der Waals surface area contributed by atoms with Crippen LogP contribution in [-0.4, -0.2) is 4.98 Å². The Bertz CT molecular complexity index is 623. The first-order valence-electron chi connectivity index (χ1n) is 5.33. The Morgan fingerprint density at radius 1 is 1.26 bits per heavy atom. The van der Waals surface area contributed by atoms with Crippen molar-refractivity contribution in [2.75, 3.05) is 5.32 Å². The van der Waals surface area contributed by atoms with Crippen LogP contribution in [0.5, 0.6) is 0 Å². The second-order valence-electron chi connectivity index (χ2n) is 3.73. The number of nitriles is 1. The van der Waals surface area contributed by atoms with Crippen LogP contribution in [0.15, 0.2) is 45.5 Å². The van der Waals surface area contributed by atoms with Gasteiger partial charge < -0.3 is 5.32 Å². The quantitative estimate of drug-likeness (QED) is 0.851. The average Bonchev–Trinajstić information content (AvgIpc) is 2.39. The van der Waals surface area contributed by atoms with E-state index in [1.165, 1.54) is 12.1 Å². The van der Waals surface area contributed by atoms with Crippen molar-refractivity contribution >= 4 is 37.5 Å². The van der Waals surface area contributed by atoms with E-state index in [4.69, 9.17) is 0 Å². The lowest BCUT2D eigenvalue weighted by Crippen LogP contribution is -2.11. The van der Waals surface area contributed by atoms with Gasteiger partial charge in [-0.3, -0.25) is 4.98 Å². The topological polar surface area (TPSA) is 48.7 Å². The molecule has 0 saturated heterocycles. The number of hydrogen-bond donors (Lipinski definition) is 1. The normalized spacial score (nSPS) is 11.7. The molecule has 0 amide bonds. The number of aromatic nitrogens is 1. The van der Waals surface area contributed by atoms with Crippen LogP contribution in [0.4, 0.5) is 10.1 Å². The molecule has 1 unspecified atom stereocenters. The van der Waals surface area contributed by atoms with Gasteiger partial charge in [-0.2, -0.15) is 5.26 Å². The third kappa shape index (κ3) is 3.52. The number of rotatable bonds is 3. The maximum absolute atomic E-state index is 12.8. The van der Waals surface area contributed by atoms with Gasteiger partial charge in [-0.05, 0) is 62.2 Å². The van der Waals surface area contributed by atoms with Crippen LogP contribution in [-0.2, 0) is 0 Å². The summed E-state index contributed by atoms with van der Waals surface area (Å²) in [6.45, 7) is 0. The number of hydrogen-bond acceptors (Lipinski definition) is 3. The molecule has 2 rings (SSSR count). The molecule has 0 radical (unpaired) electrons. The molecule has 2 aromatic rings. The largest absolute Gasteiger partial charge is 0.365 e. The Hall–Kier alpha value is -1.45. The van der Waals surface area contributed by atoms with Crippen molar-refractivity contribution in [1.82, 2.24) is 4.98 Å². The Balaban J connectivity index is 2.25. The van der Waals surface area contributed by atoms with Gasteiger partial charge in [-0.1, -0.05) is 0 Å². The van der Waals surface area contributed by atoms with Crippen LogP contribution in [0.1, 0.15) is 11.7 Å². The van der Waals surface area contributed by atoms with E-state index in [2.05, 4.69) is 48.2 Å². The lowest BCUT2D eigenvalue weighted by atomic mass is 10.2. The fourth-order valence-corrected chi connectivity index (χ4v) is 2.73. The van der Waals surface area contributed by atoms with E-state index in [9.17, 15) is 9.65 Å². The minimum absolute atomic E-state index is 0.318. The van der Waals surface area contributed by atoms with E-state index >= 15 is 0 Å². The second kappa shape index (κ2) is 6.13.